The van der Waals surface area contributed by atoms with Gasteiger partial charge in [-0.3, -0.25) is 9.59 Å². The highest BCUT2D eigenvalue weighted by Gasteiger charge is 2.54. The summed E-state index contributed by atoms with van der Waals surface area (Å²) in [5.41, 5.74) is -0.0925. The Morgan fingerprint density at radius 1 is 1.10 bits per heavy atom. The highest BCUT2D eigenvalue weighted by molar-refractivity contribution is 5.95. The van der Waals surface area contributed by atoms with Crippen LogP contribution in [0.1, 0.15) is 52.9 Å². The quantitative estimate of drug-likeness (QED) is 0.387. The van der Waals surface area contributed by atoms with E-state index < -0.39 is 5.97 Å². The Kier molecular flexibility index (Phi) is 4.21. The van der Waals surface area contributed by atoms with Crippen LogP contribution in [0.4, 0.5) is 0 Å². The molecule has 2 aliphatic rings. The van der Waals surface area contributed by atoms with Gasteiger partial charge in [0.05, 0.1) is 30.5 Å². The van der Waals surface area contributed by atoms with Crippen molar-refractivity contribution in [3.8, 4) is 0 Å². The van der Waals surface area contributed by atoms with Gasteiger partial charge < -0.3 is 14.2 Å². The molecule has 0 spiro atoms. The minimum absolute atomic E-state index is 0.0250. The molecule has 1 unspecified atom stereocenters. The lowest BCUT2D eigenvalue weighted by Gasteiger charge is -2.05. The smallest absolute Gasteiger partial charge is 0.313 e. The number of rotatable bonds is 8. The van der Waals surface area contributed by atoms with E-state index in [9.17, 15) is 9.59 Å². The third kappa shape index (κ3) is 3.79. The highest BCUT2D eigenvalue weighted by atomic mass is 16.6. The Bertz CT molecular complexity index is 403. The van der Waals surface area contributed by atoms with Gasteiger partial charge in [0.25, 0.3) is 0 Å². The van der Waals surface area contributed by atoms with E-state index in [1.54, 1.807) is 0 Å². The van der Waals surface area contributed by atoms with Crippen LogP contribution in [0, 0.1) is 0 Å². The molecule has 3 atom stereocenters. The number of methoxy groups -OCH3 is 1. The molecule has 0 amide bonds. The fraction of sp³-hybridized carbons (Fsp3) is 0.867. The normalized spacial score (nSPS) is 33.6. The zero-order valence-corrected chi connectivity index (χ0v) is 12.7. The monoisotopic (exact) mass is 284 g/mol. The summed E-state index contributed by atoms with van der Waals surface area (Å²) in [4.78, 5) is 22.5. The van der Waals surface area contributed by atoms with E-state index >= 15 is 0 Å². The summed E-state index contributed by atoms with van der Waals surface area (Å²) in [6, 6.07) is 0. The SMILES string of the molecule is COC(=O)CC(=O)CCC1O[C@@]1(C)CC[C@@H]1OC1(C)C. The van der Waals surface area contributed by atoms with E-state index in [1.807, 2.05) is 0 Å². The lowest BCUT2D eigenvalue weighted by atomic mass is 9.94. The van der Waals surface area contributed by atoms with E-state index in [2.05, 4.69) is 25.5 Å². The van der Waals surface area contributed by atoms with E-state index in [0.29, 0.717) is 18.9 Å². The molecule has 0 aromatic rings. The number of epoxide rings is 2. The van der Waals surface area contributed by atoms with Gasteiger partial charge in [0.15, 0.2) is 0 Å². The topological polar surface area (TPSA) is 68.4 Å². The fourth-order valence-corrected chi connectivity index (χ4v) is 2.65. The van der Waals surface area contributed by atoms with E-state index in [1.165, 1.54) is 7.11 Å². The van der Waals surface area contributed by atoms with Crippen molar-refractivity contribution in [1.29, 1.82) is 0 Å². The molecule has 0 aromatic carbocycles. The summed E-state index contributed by atoms with van der Waals surface area (Å²) in [5.74, 6) is -0.552. The van der Waals surface area contributed by atoms with Crippen molar-refractivity contribution in [2.45, 2.75) is 76.3 Å². The molecule has 2 rings (SSSR count). The third-order valence-corrected chi connectivity index (χ3v) is 4.36. The lowest BCUT2D eigenvalue weighted by Crippen LogP contribution is -2.15. The second-order valence-electron chi connectivity index (χ2n) is 6.50. The summed E-state index contributed by atoms with van der Waals surface area (Å²) in [6.45, 7) is 6.27. The van der Waals surface area contributed by atoms with Crippen LogP contribution in [-0.2, 0) is 23.8 Å². The zero-order valence-electron chi connectivity index (χ0n) is 12.7. The maximum absolute atomic E-state index is 11.5. The molecule has 2 fully saturated rings. The minimum atomic E-state index is -0.470. The Morgan fingerprint density at radius 2 is 1.75 bits per heavy atom. The summed E-state index contributed by atoms with van der Waals surface area (Å²) in [5, 5.41) is 0. The van der Waals surface area contributed by atoms with Crippen molar-refractivity contribution in [3.05, 3.63) is 0 Å². The highest BCUT2D eigenvalue weighted by Crippen LogP contribution is 2.47. The van der Waals surface area contributed by atoms with Gasteiger partial charge in [0, 0.05) is 6.42 Å². The molecule has 2 heterocycles. The van der Waals surface area contributed by atoms with E-state index in [-0.39, 0.29) is 29.5 Å². The summed E-state index contributed by atoms with van der Waals surface area (Å²) in [7, 11) is 1.29. The second kappa shape index (κ2) is 5.45. The number of esters is 1. The molecule has 20 heavy (non-hydrogen) atoms. The van der Waals surface area contributed by atoms with Crippen molar-refractivity contribution >= 4 is 11.8 Å². The number of Topliss-reactive ketones (excluding diaryl/α,β-unsaturated/α-hetero) is 1. The Balaban J connectivity index is 1.62. The molecular formula is C15H24O5. The predicted molar refractivity (Wildman–Crippen MR) is 72.3 cm³/mol. The molecular weight excluding hydrogens is 260 g/mol. The number of carbonyl (C=O) groups is 2. The number of ketones is 1. The van der Waals surface area contributed by atoms with Crippen LogP contribution >= 0.6 is 0 Å². The Labute approximate surface area is 120 Å². The average molecular weight is 284 g/mol. The van der Waals surface area contributed by atoms with Crippen molar-refractivity contribution in [1.82, 2.24) is 0 Å². The summed E-state index contributed by atoms with van der Waals surface area (Å²) < 4.78 is 15.7. The van der Waals surface area contributed by atoms with Crippen molar-refractivity contribution in [2.75, 3.05) is 7.11 Å². The third-order valence-electron chi connectivity index (χ3n) is 4.36. The molecule has 114 valence electrons. The van der Waals surface area contributed by atoms with Crippen LogP contribution in [-0.4, -0.2) is 42.3 Å². The van der Waals surface area contributed by atoms with Gasteiger partial charge in [0.2, 0.25) is 0 Å². The van der Waals surface area contributed by atoms with Gasteiger partial charge in [-0.05, 0) is 40.0 Å². The fourth-order valence-electron chi connectivity index (χ4n) is 2.65. The number of carbonyl (C=O) groups excluding carboxylic acids is 2. The first-order chi connectivity index (χ1) is 9.27. The van der Waals surface area contributed by atoms with Crippen LogP contribution in [0.25, 0.3) is 0 Å². The summed E-state index contributed by atoms with van der Waals surface area (Å²) in [6.07, 6.45) is 3.34. The standard InChI is InChI=1S/C15H24O5/c1-14(2)11(19-14)7-8-15(3)12(20-15)6-5-10(16)9-13(17)18-4/h11-12H,5-9H2,1-4H3/t11-,12?,15-/m0/s1. The maximum Gasteiger partial charge on any atom is 0.313 e. The van der Waals surface area contributed by atoms with Gasteiger partial charge in [-0.1, -0.05) is 0 Å². The molecule has 5 heteroatoms. The molecule has 2 aliphatic heterocycles. The number of hydrogen-bond donors (Lipinski definition) is 0. The first-order valence-corrected chi connectivity index (χ1v) is 7.21. The van der Waals surface area contributed by atoms with Gasteiger partial charge in [-0.2, -0.15) is 0 Å². The number of ether oxygens (including phenoxy) is 3. The molecule has 0 radical (unpaired) electrons. The second-order valence-corrected chi connectivity index (χ2v) is 6.50. The Morgan fingerprint density at radius 3 is 2.30 bits per heavy atom. The molecule has 5 nitrogen and oxygen atoms in total. The van der Waals surface area contributed by atoms with E-state index in [4.69, 9.17) is 9.47 Å². The van der Waals surface area contributed by atoms with Gasteiger partial charge in [-0.15, -0.1) is 0 Å². The Hall–Kier alpha value is -0.940. The first-order valence-electron chi connectivity index (χ1n) is 7.21. The largest absolute Gasteiger partial charge is 0.469 e. The average Bonchev–Trinajstić information content (AvgIpc) is 3.21. The van der Waals surface area contributed by atoms with Crippen LogP contribution < -0.4 is 0 Å². The van der Waals surface area contributed by atoms with Crippen molar-refractivity contribution in [2.24, 2.45) is 0 Å². The first kappa shape index (κ1) is 15.4. The van der Waals surface area contributed by atoms with Gasteiger partial charge in [-0.25, -0.2) is 0 Å². The number of hydrogen-bond acceptors (Lipinski definition) is 5. The zero-order chi connectivity index (χ0) is 15.0. The molecule has 0 aliphatic carbocycles. The molecule has 0 aromatic heterocycles. The maximum atomic E-state index is 11.5. The summed E-state index contributed by atoms with van der Waals surface area (Å²) >= 11 is 0. The predicted octanol–water partition coefficient (Wildman–Crippen LogP) is 2.01. The van der Waals surface area contributed by atoms with Crippen molar-refractivity contribution < 1.29 is 23.8 Å². The van der Waals surface area contributed by atoms with Crippen LogP contribution in [0.3, 0.4) is 0 Å². The van der Waals surface area contributed by atoms with Gasteiger partial charge in [0.1, 0.15) is 12.2 Å². The molecule has 0 N–H and O–H groups in total. The van der Waals surface area contributed by atoms with Gasteiger partial charge >= 0.3 is 5.97 Å². The molecule has 2 saturated heterocycles. The molecule has 0 bridgehead atoms. The van der Waals surface area contributed by atoms with Crippen LogP contribution in [0.2, 0.25) is 0 Å². The van der Waals surface area contributed by atoms with Crippen molar-refractivity contribution in [3.63, 3.8) is 0 Å². The minimum Gasteiger partial charge on any atom is -0.469 e. The lowest BCUT2D eigenvalue weighted by molar-refractivity contribution is -0.143. The molecule has 0 saturated carbocycles. The van der Waals surface area contributed by atoms with Crippen LogP contribution in [0.5, 0.6) is 0 Å². The van der Waals surface area contributed by atoms with E-state index in [0.717, 1.165) is 12.8 Å². The van der Waals surface area contributed by atoms with Crippen LogP contribution in [0.15, 0.2) is 0 Å².